The number of sulfonamides is 1. The monoisotopic (exact) mass is 366 g/mol. The molecule has 132 valence electrons. The number of benzene rings is 2. The Morgan fingerprint density at radius 2 is 1.76 bits per heavy atom. The van der Waals surface area contributed by atoms with E-state index >= 15 is 0 Å². The second kappa shape index (κ2) is 6.89. The van der Waals surface area contributed by atoms with E-state index in [0.29, 0.717) is 17.3 Å². The SMILES string of the molecule is O=C(Nc1ccc(CNS(=O)(=O)c2ccc(F)cc2F)cc1)C1CC1. The van der Waals surface area contributed by atoms with Crippen molar-refractivity contribution in [1.82, 2.24) is 4.72 Å². The first-order chi connectivity index (χ1) is 11.8. The molecular weight excluding hydrogens is 350 g/mol. The van der Waals surface area contributed by atoms with E-state index in [0.717, 1.165) is 25.0 Å². The Balaban J connectivity index is 1.63. The summed E-state index contributed by atoms with van der Waals surface area (Å²) in [7, 11) is -4.10. The van der Waals surface area contributed by atoms with E-state index < -0.39 is 26.6 Å². The Labute approximate surface area is 144 Å². The number of hydrogen-bond donors (Lipinski definition) is 2. The zero-order valence-corrected chi connectivity index (χ0v) is 13.9. The Bertz CT molecular complexity index is 895. The molecule has 0 aliphatic heterocycles. The Morgan fingerprint density at radius 1 is 1.08 bits per heavy atom. The second-order valence-corrected chi connectivity index (χ2v) is 7.60. The summed E-state index contributed by atoms with van der Waals surface area (Å²) in [6, 6.07) is 8.94. The van der Waals surface area contributed by atoms with E-state index in [9.17, 15) is 22.0 Å². The second-order valence-electron chi connectivity index (χ2n) is 5.86. The van der Waals surface area contributed by atoms with Gasteiger partial charge >= 0.3 is 0 Å². The van der Waals surface area contributed by atoms with Crippen molar-refractivity contribution in [2.24, 2.45) is 5.92 Å². The number of halogens is 2. The van der Waals surface area contributed by atoms with Gasteiger partial charge in [0.05, 0.1) is 0 Å². The van der Waals surface area contributed by atoms with Crippen molar-refractivity contribution < 1.29 is 22.0 Å². The fraction of sp³-hybridized carbons (Fsp3) is 0.235. The molecule has 1 fully saturated rings. The van der Waals surface area contributed by atoms with Crippen molar-refractivity contribution in [2.75, 3.05) is 5.32 Å². The average molecular weight is 366 g/mol. The molecule has 0 unspecified atom stereocenters. The van der Waals surface area contributed by atoms with Crippen LogP contribution < -0.4 is 10.0 Å². The lowest BCUT2D eigenvalue weighted by Gasteiger charge is -2.09. The zero-order valence-electron chi connectivity index (χ0n) is 13.1. The van der Waals surface area contributed by atoms with Crippen LogP contribution in [0.15, 0.2) is 47.4 Å². The summed E-state index contributed by atoms with van der Waals surface area (Å²) in [5.41, 5.74) is 1.27. The molecule has 1 aliphatic carbocycles. The average Bonchev–Trinajstić information content (AvgIpc) is 3.39. The van der Waals surface area contributed by atoms with Crippen molar-refractivity contribution >= 4 is 21.6 Å². The molecule has 0 spiro atoms. The molecule has 0 heterocycles. The van der Waals surface area contributed by atoms with Crippen molar-refractivity contribution in [3.63, 3.8) is 0 Å². The van der Waals surface area contributed by atoms with Crippen LogP contribution in [0.2, 0.25) is 0 Å². The van der Waals surface area contributed by atoms with Crippen molar-refractivity contribution in [3.8, 4) is 0 Å². The van der Waals surface area contributed by atoms with Gasteiger partial charge in [-0.25, -0.2) is 21.9 Å². The molecule has 0 saturated heterocycles. The molecule has 2 N–H and O–H groups in total. The highest BCUT2D eigenvalue weighted by atomic mass is 32.2. The lowest BCUT2D eigenvalue weighted by Crippen LogP contribution is -2.24. The normalized spacial score (nSPS) is 14.3. The van der Waals surface area contributed by atoms with E-state index in [-0.39, 0.29) is 18.4 Å². The predicted octanol–water partition coefficient (Wildman–Crippen LogP) is 2.79. The molecule has 1 saturated carbocycles. The van der Waals surface area contributed by atoms with Gasteiger partial charge in [0.2, 0.25) is 15.9 Å². The van der Waals surface area contributed by atoms with Gasteiger partial charge in [-0.3, -0.25) is 4.79 Å². The molecule has 0 radical (unpaired) electrons. The van der Waals surface area contributed by atoms with Crippen LogP contribution in [0, 0.1) is 17.6 Å². The van der Waals surface area contributed by atoms with Gasteiger partial charge in [0.25, 0.3) is 0 Å². The van der Waals surface area contributed by atoms with E-state index in [4.69, 9.17) is 0 Å². The van der Waals surface area contributed by atoms with Crippen LogP contribution >= 0.6 is 0 Å². The number of rotatable bonds is 6. The highest BCUT2D eigenvalue weighted by Gasteiger charge is 2.29. The first-order valence-electron chi connectivity index (χ1n) is 7.70. The van der Waals surface area contributed by atoms with Gasteiger partial charge in [0, 0.05) is 24.2 Å². The Hall–Kier alpha value is -2.32. The molecular formula is C17H16F2N2O3S. The summed E-state index contributed by atoms with van der Waals surface area (Å²) in [5, 5.41) is 2.78. The maximum Gasteiger partial charge on any atom is 0.243 e. The Morgan fingerprint density at radius 3 is 2.36 bits per heavy atom. The minimum absolute atomic E-state index is 0.0137. The summed E-state index contributed by atoms with van der Waals surface area (Å²) >= 11 is 0. The molecule has 8 heteroatoms. The summed E-state index contributed by atoms with van der Waals surface area (Å²) in [5.74, 6) is -1.91. The fourth-order valence-corrected chi connectivity index (χ4v) is 3.32. The summed E-state index contributed by atoms with van der Waals surface area (Å²) in [4.78, 5) is 11.1. The van der Waals surface area contributed by atoms with Crippen LogP contribution in [-0.4, -0.2) is 14.3 Å². The van der Waals surface area contributed by atoms with Gasteiger partial charge < -0.3 is 5.32 Å². The largest absolute Gasteiger partial charge is 0.326 e. The first kappa shape index (κ1) is 17.5. The molecule has 1 aliphatic rings. The van der Waals surface area contributed by atoms with Crippen LogP contribution in [0.3, 0.4) is 0 Å². The zero-order chi connectivity index (χ0) is 18.0. The van der Waals surface area contributed by atoms with Gasteiger partial charge in [-0.15, -0.1) is 0 Å². The molecule has 2 aromatic rings. The molecule has 25 heavy (non-hydrogen) atoms. The molecule has 0 aromatic heterocycles. The topological polar surface area (TPSA) is 75.3 Å². The van der Waals surface area contributed by atoms with Crippen molar-refractivity contribution in [2.45, 2.75) is 24.3 Å². The third-order valence-electron chi connectivity index (χ3n) is 3.82. The van der Waals surface area contributed by atoms with Crippen LogP contribution in [0.4, 0.5) is 14.5 Å². The van der Waals surface area contributed by atoms with Gasteiger partial charge in [-0.1, -0.05) is 12.1 Å². The molecule has 2 aromatic carbocycles. The lowest BCUT2D eigenvalue weighted by molar-refractivity contribution is -0.117. The maximum absolute atomic E-state index is 13.6. The minimum Gasteiger partial charge on any atom is -0.326 e. The number of nitrogens with one attached hydrogen (secondary N) is 2. The van der Waals surface area contributed by atoms with Crippen LogP contribution in [0.1, 0.15) is 18.4 Å². The van der Waals surface area contributed by atoms with Crippen LogP contribution in [0.5, 0.6) is 0 Å². The summed E-state index contributed by atoms with van der Waals surface area (Å²) in [6.45, 7) is -0.0595. The van der Waals surface area contributed by atoms with Gasteiger partial charge in [-0.05, 0) is 42.7 Å². The minimum atomic E-state index is -4.10. The number of carbonyl (C=O) groups excluding carboxylic acids is 1. The molecule has 3 rings (SSSR count). The van der Waals surface area contributed by atoms with E-state index in [1.165, 1.54) is 0 Å². The summed E-state index contributed by atoms with van der Waals surface area (Å²) in [6.07, 6.45) is 1.82. The quantitative estimate of drug-likeness (QED) is 0.826. The standard InChI is InChI=1S/C17H16F2N2O3S/c18-13-5-8-16(15(19)9-13)25(23,24)20-10-11-1-6-14(7-2-11)21-17(22)12-3-4-12/h1-2,5-9,12,20H,3-4,10H2,(H,21,22). The van der Waals surface area contributed by atoms with Gasteiger partial charge in [0.15, 0.2) is 0 Å². The predicted molar refractivity (Wildman–Crippen MR) is 88.2 cm³/mol. The molecule has 1 amide bonds. The van der Waals surface area contributed by atoms with Crippen LogP contribution in [-0.2, 0) is 21.4 Å². The van der Waals surface area contributed by atoms with E-state index in [1.54, 1.807) is 24.3 Å². The number of carbonyl (C=O) groups is 1. The van der Waals surface area contributed by atoms with Crippen LogP contribution in [0.25, 0.3) is 0 Å². The number of amides is 1. The first-order valence-corrected chi connectivity index (χ1v) is 9.18. The van der Waals surface area contributed by atoms with Gasteiger partial charge in [-0.2, -0.15) is 0 Å². The summed E-state index contributed by atoms with van der Waals surface area (Å²) < 4.78 is 53.0. The number of hydrogen-bond acceptors (Lipinski definition) is 3. The van der Waals surface area contributed by atoms with Crippen molar-refractivity contribution in [1.29, 1.82) is 0 Å². The van der Waals surface area contributed by atoms with E-state index in [1.807, 2.05) is 0 Å². The van der Waals surface area contributed by atoms with E-state index in [2.05, 4.69) is 10.0 Å². The molecule has 5 nitrogen and oxygen atoms in total. The highest BCUT2D eigenvalue weighted by molar-refractivity contribution is 7.89. The Kier molecular flexibility index (Phi) is 4.82. The highest BCUT2D eigenvalue weighted by Crippen LogP contribution is 2.30. The third kappa shape index (κ3) is 4.40. The smallest absolute Gasteiger partial charge is 0.243 e. The lowest BCUT2D eigenvalue weighted by atomic mass is 10.2. The van der Waals surface area contributed by atoms with Gasteiger partial charge in [0.1, 0.15) is 16.5 Å². The molecule has 0 atom stereocenters. The number of anilines is 1. The molecule has 0 bridgehead atoms. The fourth-order valence-electron chi connectivity index (χ4n) is 2.25. The third-order valence-corrected chi connectivity index (χ3v) is 5.25. The van der Waals surface area contributed by atoms with Crippen molar-refractivity contribution in [3.05, 3.63) is 59.7 Å². The maximum atomic E-state index is 13.6.